The van der Waals surface area contributed by atoms with Crippen molar-refractivity contribution < 1.29 is 14.3 Å². The first kappa shape index (κ1) is 19.3. The summed E-state index contributed by atoms with van der Waals surface area (Å²) in [6.45, 7) is 4.97. The molecule has 0 unspecified atom stereocenters. The van der Waals surface area contributed by atoms with Crippen LogP contribution in [0, 0.1) is 5.92 Å². The van der Waals surface area contributed by atoms with E-state index in [2.05, 4.69) is 15.5 Å². The summed E-state index contributed by atoms with van der Waals surface area (Å²) in [6, 6.07) is 9.79. The molecule has 1 atom stereocenters. The van der Waals surface area contributed by atoms with E-state index in [1.165, 1.54) is 11.3 Å². The van der Waals surface area contributed by atoms with Gasteiger partial charge >= 0.3 is 0 Å². The highest BCUT2D eigenvalue weighted by Crippen LogP contribution is 2.23. The minimum absolute atomic E-state index is 0.0292. The molecule has 0 bridgehead atoms. The summed E-state index contributed by atoms with van der Waals surface area (Å²) in [5.74, 6) is 0.388. The molecule has 1 saturated heterocycles. The predicted octanol–water partition coefficient (Wildman–Crippen LogP) is 2.75. The first-order valence-electron chi connectivity index (χ1n) is 9.13. The Kier molecular flexibility index (Phi) is 6.39. The predicted molar refractivity (Wildman–Crippen MR) is 104 cm³/mol. The zero-order valence-corrected chi connectivity index (χ0v) is 16.4. The Labute approximate surface area is 162 Å². The number of hydrogen-bond donors (Lipinski definition) is 1. The van der Waals surface area contributed by atoms with Crippen LogP contribution in [0.5, 0.6) is 5.75 Å². The van der Waals surface area contributed by atoms with Crippen LogP contribution in [-0.4, -0.2) is 46.1 Å². The van der Waals surface area contributed by atoms with Gasteiger partial charge in [-0.2, -0.15) is 0 Å². The Morgan fingerprint density at radius 1 is 1.33 bits per heavy atom. The largest absolute Gasteiger partial charge is 0.494 e. The molecule has 0 saturated carbocycles. The highest BCUT2D eigenvalue weighted by molar-refractivity contribution is 7.15. The SMILES string of the molecule is CC(C)N1C[C@H](C(=O)Nc2nnc(CCCOc3ccccc3)s2)CC1=O. The number of aryl methyl sites for hydroxylation is 1. The third-order valence-corrected chi connectivity index (χ3v) is 5.29. The lowest BCUT2D eigenvalue weighted by molar-refractivity contribution is -0.129. The van der Waals surface area contributed by atoms with Gasteiger partial charge in [0.25, 0.3) is 0 Å². The molecule has 8 heteroatoms. The van der Waals surface area contributed by atoms with Crippen LogP contribution >= 0.6 is 11.3 Å². The van der Waals surface area contributed by atoms with Gasteiger partial charge in [0.05, 0.1) is 12.5 Å². The molecule has 3 rings (SSSR count). The van der Waals surface area contributed by atoms with Gasteiger partial charge in [0.1, 0.15) is 10.8 Å². The molecule has 0 radical (unpaired) electrons. The summed E-state index contributed by atoms with van der Waals surface area (Å²) < 4.78 is 5.66. The van der Waals surface area contributed by atoms with Gasteiger partial charge in [-0.05, 0) is 32.4 Å². The van der Waals surface area contributed by atoms with Crippen molar-refractivity contribution >= 4 is 28.3 Å². The molecule has 2 amide bonds. The van der Waals surface area contributed by atoms with Gasteiger partial charge in [-0.1, -0.05) is 29.5 Å². The van der Waals surface area contributed by atoms with E-state index >= 15 is 0 Å². The maximum Gasteiger partial charge on any atom is 0.231 e. The molecule has 2 heterocycles. The van der Waals surface area contributed by atoms with Crippen molar-refractivity contribution in [1.29, 1.82) is 0 Å². The van der Waals surface area contributed by atoms with Crippen LogP contribution in [0.2, 0.25) is 0 Å². The molecule has 1 aromatic carbocycles. The number of amides is 2. The summed E-state index contributed by atoms with van der Waals surface area (Å²) in [5, 5.41) is 12.3. The lowest BCUT2D eigenvalue weighted by Gasteiger charge is -2.20. The molecule has 7 nitrogen and oxygen atoms in total. The van der Waals surface area contributed by atoms with Gasteiger partial charge in [0.15, 0.2) is 0 Å². The zero-order chi connectivity index (χ0) is 19.2. The van der Waals surface area contributed by atoms with Crippen LogP contribution < -0.4 is 10.1 Å². The second kappa shape index (κ2) is 8.94. The number of rotatable bonds is 8. The third kappa shape index (κ3) is 5.26. The second-order valence-electron chi connectivity index (χ2n) is 6.80. The van der Waals surface area contributed by atoms with Crippen molar-refractivity contribution in [2.24, 2.45) is 5.92 Å². The normalized spacial score (nSPS) is 16.8. The van der Waals surface area contributed by atoms with Crippen LogP contribution in [0.3, 0.4) is 0 Å². The van der Waals surface area contributed by atoms with E-state index in [4.69, 9.17) is 4.74 Å². The average Bonchev–Trinajstić information content (AvgIpc) is 3.26. The summed E-state index contributed by atoms with van der Waals surface area (Å²) in [7, 11) is 0. The van der Waals surface area contributed by atoms with Gasteiger partial charge in [-0.25, -0.2) is 0 Å². The smallest absolute Gasteiger partial charge is 0.231 e. The molecule has 0 aliphatic carbocycles. The molecule has 0 spiro atoms. The molecule has 1 N–H and O–H groups in total. The summed E-state index contributed by atoms with van der Waals surface area (Å²) >= 11 is 1.37. The highest BCUT2D eigenvalue weighted by atomic mass is 32.1. The van der Waals surface area contributed by atoms with Crippen molar-refractivity contribution in [2.75, 3.05) is 18.5 Å². The Morgan fingerprint density at radius 3 is 2.81 bits per heavy atom. The third-order valence-electron chi connectivity index (χ3n) is 4.40. The van der Waals surface area contributed by atoms with Crippen molar-refractivity contribution in [3.05, 3.63) is 35.3 Å². The fourth-order valence-electron chi connectivity index (χ4n) is 2.95. The number of carbonyl (C=O) groups is 2. The van der Waals surface area contributed by atoms with Crippen molar-refractivity contribution in [3.8, 4) is 5.75 Å². The Morgan fingerprint density at radius 2 is 2.11 bits per heavy atom. The molecule has 1 aliphatic rings. The van der Waals surface area contributed by atoms with E-state index in [1.54, 1.807) is 4.90 Å². The van der Waals surface area contributed by atoms with Crippen LogP contribution in [0.15, 0.2) is 30.3 Å². The number of likely N-dealkylation sites (tertiary alicyclic amines) is 1. The van der Waals surface area contributed by atoms with Gasteiger partial charge in [-0.3, -0.25) is 9.59 Å². The van der Waals surface area contributed by atoms with Gasteiger partial charge in [-0.15, -0.1) is 10.2 Å². The number of nitrogens with zero attached hydrogens (tertiary/aromatic N) is 3. The van der Waals surface area contributed by atoms with E-state index in [-0.39, 0.29) is 30.2 Å². The molecule has 1 aliphatic heterocycles. The number of ether oxygens (including phenoxy) is 1. The van der Waals surface area contributed by atoms with E-state index in [1.807, 2.05) is 44.2 Å². The van der Waals surface area contributed by atoms with E-state index < -0.39 is 0 Å². The average molecular weight is 388 g/mol. The molecule has 2 aromatic rings. The lowest BCUT2D eigenvalue weighted by atomic mass is 10.1. The number of aromatic nitrogens is 2. The first-order chi connectivity index (χ1) is 13.0. The van der Waals surface area contributed by atoms with Crippen LogP contribution in [0.4, 0.5) is 5.13 Å². The Balaban J connectivity index is 1.42. The Bertz CT molecular complexity index is 778. The number of carbonyl (C=O) groups excluding carboxylic acids is 2. The summed E-state index contributed by atoms with van der Waals surface area (Å²) in [4.78, 5) is 26.1. The number of benzene rings is 1. The molecule has 144 valence electrons. The molecule has 1 aromatic heterocycles. The Hall–Kier alpha value is -2.48. The minimum Gasteiger partial charge on any atom is -0.494 e. The van der Waals surface area contributed by atoms with Gasteiger partial charge in [0.2, 0.25) is 16.9 Å². The molecular formula is C19H24N4O3S. The fourth-order valence-corrected chi connectivity index (χ4v) is 3.73. The number of para-hydroxylation sites is 1. The van der Waals surface area contributed by atoms with Crippen LogP contribution in [-0.2, 0) is 16.0 Å². The van der Waals surface area contributed by atoms with E-state index in [0.717, 1.165) is 23.6 Å². The van der Waals surface area contributed by atoms with Crippen molar-refractivity contribution in [2.45, 2.75) is 39.2 Å². The van der Waals surface area contributed by atoms with Crippen molar-refractivity contribution in [3.63, 3.8) is 0 Å². The molecular weight excluding hydrogens is 364 g/mol. The van der Waals surface area contributed by atoms with Crippen LogP contribution in [0.25, 0.3) is 0 Å². The fraction of sp³-hybridized carbons (Fsp3) is 0.474. The minimum atomic E-state index is -0.327. The molecule has 1 fully saturated rings. The lowest BCUT2D eigenvalue weighted by Crippen LogP contribution is -2.33. The zero-order valence-electron chi connectivity index (χ0n) is 15.6. The van der Waals surface area contributed by atoms with E-state index in [9.17, 15) is 9.59 Å². The maximum absolute atomic E-state index is 12.4. The van der Waals surface area contributed by atoms with Gasteiger partial charge < -0.3 is 15.0 Å². The highest BCUT2D eigenvalue weighted by Gasteiger charge is 2.35. The number of nitrogens with one attached hydrogen (secondary N) is 1. The second-order valence-corrected chi connectivity index (χ2v) is 7.86. The monoisotopic (exact) mass is 388 g/mol. The van der Waals surface area contributed by atoms with Crippen LogP contribution in [0.1, 0.15) is 31.7 Å². The van der Waals surface area contributed by atoms with E-state index in [0.29, 0.717) is 18.3 Å². The maximum atomic E-state index is 12.4. The topological polar surface area (TPSA) is 84.4 Å². The summed E-state index contributed by atoms with van der Waals surface area (Å²) in [5.41, 5.74) is 0. The molecule has 27 heavy (non-hydrogen) atoms. The number of anilines is 1. The van der Waals surface area contributed by atoms with Crippen molar-refractivity contribution in [1.82, 2.24) is 15.1 Å². The number of hydrogen-bond acceptors (Lipinski definition) is 6. The first-order valence-corrected chi connectivity index (χ1v) is 9.95. The quantitative estimate of drug-likeness (QED) is 0.703. The van der Waals surface area contributed by atoms with Gasteiger partial charge in [0, 0.05) is 25.4 Å². The standard InChI is InChI=1S/C19H24N4O3S/c1-13(2)23-12-14(11-17(23)24)18(25)20-19-22-21-16(27-19)9-6-10-26-15-7-4-3-5-8-15/h3-5,7-8,13-14H,6,9-12H2,1-2H3,(H,20,22,25)/t14-/m1/s1. The summed E-state index contributed by atoms with van der Waals surface area (Å²) in [6.07, 6.45) is 1.81.